The topological polar surface area (TPSA) is 66.5 Å². The first-order valence-electron chi connectivity index (χ1n) is 9.69. The van der Waals surface area contributed by atoms with Crippen molar-refractivity contribution >= 4 is 15.9 Å². The number of rotatable bonds is 4. The molecule has 1 N–H and O–H groups in total. The van der Waals surface area contributed by atoms with Crippen molar-refractivity contribution in [2.75, 3.05) is 18.8 Å². The van der Waals surface area contributed by atoms with E-state index in [9.17, 15) is 13.2 Å². The van der Waals surface area contributed by atoms with Gasteiger partial charge in [0.2, 0.25) is 15.9 Å². The molecular formula is C18H30N2O3S. The van der Waals surface area contributed by atoms with Crippen LogP contribution in [0.4, 0.5) is 0 Å². The van der Waals surface area contributed by atoms with Crippen LogP contribution in [0.2, 0.25) is 0 Å². The van der Waals surface area contributed by atoms with Gasteiger partial charge < -0.3 is 5.32 Å². The lowest BCUT2D eigenvalue weighted by Gasteiger charge is -2.56. The SMILES string of the molecule is CCS(=O)(=O)N1CCC(NC(=O)C23CC4CC(CC(C4)C2)C3)CC1. The van der Waals surface area contributed by atoms with Crippen molar-refractivity contribution in [3.8, 4) is 0 Å². The highest BCUT2D eigenvalue weighted by Gasteiger charge is 2.54. The Labute approximate surface area is 145 Å². The van der Waals surface area contributed by atoms with Crippen LogP contribution in [0, 0.1) is 23.2 Å². The molecule has 5 aliphatic rings. The van der Waals surface area contributed by atoms with Crippen molar-refractivity contribution in [3.05, 3.63) is 0 Å². The zero-order chi connectivity index (χ0) is 16.9. The van der Waals surface area contributed by atoms with E-state index in [1.54, 1.807) is 11.2 Å². The van der Waals surface area contributed by atoms with Crippen LogP contribution in [-0.4, -0.2) is 43.5 Å². The smallest absolute Gasteiger partial charge is 0.226 e. The minimum absolute atomic E-state index is 0.0959. The van der Waals surface area contributed by atoms with Crippen LogP contribution in [0.3, 0.4) is 0 Å². The van der Waals surface area contributed by atoms with Crippen LogP contribution in [0.15, 0.2) is 0 Å². The Morgan fingerprint density at radius 2 is 1.54 bits per heavy atom. The van der Waals surface area contributed by atoms with Gasteiger partial charge in [0.25, 0.3) is 0 Å². The summed E-state index contributed by atoms with van der Waals surface area (Å²) in [5, 5.41) is 3.31. The van der Waals surface area contributed by atoms with Crippen molar-refractivity contribution in [1.29, 1.82) is 0 Å². The number of amides is 1. The summed E-state index contributed by atoms with van der Waals surface area (Å²) in [7, 11) is -3.09. The third-order valence-corrected chi connectivity index (χ3v) is 8.95. The molecule has 0 aromatic carbocycles. The lowest BCUT2D eigenvalue weighted by Crippen LogP contribution is -2.56. The number of sulfonamides is 1. The molecule has 4 aliphatic carbocycles. The quantitative estimate of drug-likeness (QED) is 0.841. The third kappa shape index (κ3) is 2.90. The van der Waals surface area contributed by atoms with Crippen molar-refractivity contribution in [2.24, 2.45) is 23.2 Å². The summed E-state index contributed by atoms with van der Waals surface area (Å²) in [6, 6.07) is 0.147. The molecule has 5 rings (SSSR count). The molecule has 1 aliphatic heterocycles. The van der Waals surface area contributed by atoms with Gasteiger partial charge >= 0.3 is 0 Å². The van der Waals surface area contributed by atoms with Gasteiger partial charge in [-0.05, 0) is 76.0 Å². The van der Waals surface area contributed by atoms with Gasteiger partial charge in [0.05, 0.1) is 5.75 Å². The molecule has 5 fully saturated rings. The fraction of sp³-hybridized carbons (Fsp3) is 0.944. The first-order chi connectivity index (χ1) is 11.4. The summed E-state index contributed by atoms with van der Waals surface area (Å²) in [5.41, 5.74) is -0.0959. The van der Waals surface area contributed by atoms with E-state index in [4.69, 9.17) is 0 Å². The molecule has 4 bridgehead atoms. The van der Waals surface area contributed by atoms with Crippen LogP contribution in [0.5, 0.6) is 0 Å². The Balaban J connectivity index is 1.36. The molecule has 1 heterocycles. The molecule has 0 spiro atoms. The number of carbonyl (C=O) groups excluding carboxylic acids is 1. The van der Waals surface area contributed by atoms with Gasteiger partial charge in [-0.2, -0.15) is 0 Å². The summed E-state index contributed by atoms with van der Waals surface area (Å²) < 4.78 is 25.5. The Hall–Kier alpha value is -0.620. The fourth-order valence-corrected chi connectivity index (χ4v) is 7.32. The van der Waals surface area contributed by atoms with Gasteiger partial charge in [0.1, 0.15) is 0 Å². The number of nitrogens with one attached hydrogen (secondary N) is 1. The van der Waals surface area contributed by atoms with Gasteiger partial charge in [-0.25, -0.2) is 12.7 Å². The van der Waals surface area contributed by atoms with E-state index >= 15 is 0 Å². The normalized spacial score (nSPS) is 40.0. The van der Waals surface area contributed by atoms with Crippen LogP contribution in [0.1, 0.15) is 58.3 Å². The molecule has 0 atom stereocenters. The van der Waals surface area contributed by atoms with E-state index in [0.717, 1.165) is 49.9 Å². The average Bonchev–Trinajstić information content (AvgIpc) is 2.54. The van der Waals surface area contributed by atoms with Gasteiger partial charge in [-0.15, -0.1) is 0 Å². The number of hydrogen-bond acceptors (Lipinski definition) is 3. The number of piperidine rings is 1. The van der Waals surface area contributed by atoms with E-state index in [2.05, 4.69) is 5.32 Å². The molecule has 0 aromatic heterocycles. The predicted octanol–water partition coefficient (Wildman–Crippen LogP) is 2.13. The molecule has 1 saturated heterocycles. The largest absolute Gasteiger partial charge is 0.353 e. The van der Waals surface area contributed by atoms with Gasteiger partial charge in [0, 0.05) is 24.5 Å². The first kappa shape index (κ1) is 16.8. The fourth-order valence-electron chi connectivity index (χ4n) is 6.19. The van der Waals surface area contributed by atoms with E-state index in [1.807, 2.05) is 0 Å². The minimum atomic E-state index is -3.09. The Morgan fingerprint density at radius 1 is 1.04 bits per heavy atom. The Kier molecular flexibility index (Phi) is 4.19. The second kappa shape index (κ2) is 5.97. The highest BCUT2D eigenvalue weighted by Crippen LogP contribution is 2.60. The molecule has 1 amide bonds. The van der Waals surface area contributed by atoms with E-state index in [1.165, 1.54) is 19.3 Å². The molecule has 5 nitrogen and oxygen atoms in total. The second-order valence-corrected chi connectivity index (χ2v) is 11.0. The highest BCUT2D eigenvalue weighted by atomic mass is 32.2. The maximum atomic E-state index is 13.1. The number of hydrogen-bond donors (Lipinski definition) is 1. The summed E-state index contributed by atoms with van der Waals surface area (Å²) in [4.78, 5) is 13.1. The first-order valence-corrected chi connectivity index (χ1v) is 11.3. The van der Waals surface area contributed by atoms with Crippen molar-refractivity contribution < 1.29 is 13.2 Å². The van der Waals surface area contributed by atoms with E-state index < -0.39 is 10.0 Å². The van der Waals surface area contributed by atoms with Crippen LogP contribution in [0.25, 0.3) is 0 Å². The van der Waals surface area contributed by atoms with Crippen molar-refractivity contribution in [1.82, 2.24) is 9.62 Å². The maximum absolute atomic E-state index is 13.1. The standard InChI is InChI=1S/C18H30N2O3S/c1-2-24(22,23)20-5-3-16(4-6-20)19-17(21)18-10-13-7-14(11-18)9-15(8-13)12-18/h13-16H,2-12H2,1H3,(H,19,21). The highest BCUT2D eigenvalue weighted by molar-refractivity contribution is 7.89. The molecule has 0 radical (unpaired) electrons. The number of nitrogens with zero attached hydrogens (tertiary/aromatic N) is 1. The van der Waals surface area contributed by atoms with Crippen molar-refractivity contribution in [3.63, 3.8) is 0 Å². The minimum Gasteiger partial charge on any atom is -0.353 e. The van der Waals surface area contributed by atoms with Gasteiger partial charge in [0.15, 0.2) is 0 Å². The molecule has 24 heavy (non-hydrogen) atoms. The lowest BCUT2D eigenvalue weighted by molar-refractivity contribution is -0.147. The van der Waals surface area contributed by atoms with Crippen LogP contribution >= 0.6 is 0 Å². The molecular weight excluding hydrogens is 324 g/mol. The number of carbonyl (C=O) groups is 1. The summed E-state index contributed by atoms with van der Waals surface area (Å²) in [5.74, 6) is 2.77. The molecule has 6 heteroatoms. The monoisotopic (exact) mass is 354 g/mol. The molecule has 0 aromatic rings. The van der Waals surface area contributed by atoms with Gasteiger partial charge in [-0.3, -0.25) is 4.79 Å². The van der Waals surface area contributed by atoms with Crippen molar-refractivity contribution in [2.45, 2.75) is 64.3 Å². The average molecular weight is 355 g/mol. The third-order valence-electron chi connectivity index (χ3n) is 7.07. The molecule has 4 saturated carbocycles. The van der Waals surface area contributed by atoms with Crippen LogP contribution in [-0.2, 0) is 14.8 Å². The Bertz CT molecular complexity index is 572. The van der Waals surface area contributed by atoms with E-state index in [-0.39, 0.29) is 23.1 Å². The lowest BCUT2D eigenvalue weighted by atomic mass is 9.49. The summed E-state index contributed by atoms with van der Waals surface area (Å²) in [6.07, 6.45) is 8.81. The maximum Gasteiger partial charge on any atom is 0.226 e. The molecule has 0 unspecified atom stereocenters. The summed E-state index contributed by atoms with van der Waals surface area (Å²) in [6.45, 7) is 2.78. The zero-order valence-corrected chi connectivity index (χ0v) is 15.5. The zero-order valence-electron chi connectivity index (χ0n) is 14.7. The van der Waals surface area contributed by atoms with E-state index in [0.29, 0.717) is 13.1 Å². The Morgan fingerprint density at radius 3 is 2.00 bits per heavy atom. The van der Waals surface area contributed by atoms with Gasteiger partial charge in [-0.1, -0.05) is 0 Å². The van der Waals surface area contributed by atoms with Crippen LogP contribution < -0.4 is 5.32 Å². The predicted molar refractivity (Wildman–Crippen MR) is 92.8 cm³/mol. The summed E-state index contributed by atoms with van der Waals surface area (Å²) >= 11 is 0. The second-order valence-electron chi connectivity index (χ2n) is 8.75. The molecule has 136 valence electrons.